The summed E-state index contributed by atoms with van der Waals surface area (Å²) in [5, 5.41) is 8.93. The molecular weight excluding hydrogens is 226 g/mol. The van der Waals surface area contributed by atoms with Crippen LogP contribution in [0.2, 0.25) is 0 Å². The van der Waals surface area contributed by atoms with E-state index in [4.69, 9.17) is 10.8 Å². The molecule has 3 nitrogen and oxygen atoms in total. The maximum absolute atomic E-state index is 13.8. The molecule has 5 heteroatoms. The molecule has 0 radical (unpaired) electrons. The zero-order chi connectivity index (χ0) is 13.0. The molecule has 1 aromatic carbocycles. The minimum Gasteiger partial charge on any atom is -0.395 e. The Labute approximate surface area is 99.8 Å². The number of aliphatic hydroxyl groups excluding tert-OH is 1. The van der Waals surface area contributed by atoms with Gasteiger partial charge in [-0.2, -0.15) is 0 Å². The smallest absolute Gasteiger partial charge is 0.182 e. The van der Waals surface area contributed by atoms with E-state index in [1.54, 1.807) is 4.90 Å². The number of anilines is 1. The fourth-order valence-corrected chi connectivity index (χ4v) is 1.72. The predicted molar refractivity (Wildman–Crippen MR) is 63.8 cm³/mol. The predicted octanol–water partition coefficient (Wildman–Crippen LogP) is 1.63. The average molecular weight is 244 g/mol. The van der Waals surface area contributed by atoms with Gasteiger partial charge >= 0.3 is 0 Å². The van der Waals surface area contributed by atoms with Crippen molar-refractivity contribution >= 4 is 5.69 Å². The molecule has 0 spiro atoms. The maximum atomic E-state index is 13.8. The summed E-state index contributed by atoms with van der Waals surface area (Å²) >= 11 is 0. The van der Waals surface area contributed by atoms with Crippen molar-refractivity contribution in [3.05, 3.63) is 29.3 Å². The first-order chi connectivity index (χ1) is 8.02. The van der Waals surface area contributed by atoms with Crippen LogP contribution >= 0.6 is 0 Å². The second kappa shape index (κ2) is 5.93. The van der Waals surface area contributed by atoms with E-state index in [2.05, 4.69) is 0 Å². The number of benzene rings is 1. The molecule has 0 bridgehead atoms. The summed E-state index contributed by atoms with van der Waals surface area (Å²) in [6.45, 7) is 3.81. The summed E-state index contributed by atoms with van der Waals surface area (Å²) in [6.07, 6.45) is 0. The van der Waals surface area contributed by atoms with E-state index >= 15 is 0 Å². The van der Waals surface area contributed by atoms with E-state index in [0.717, 1.165) is 0 Å². The molecule has 1 rings (SSSR count). The van der Waals surface area contributed by atoms with Gasteiger partial charge in [0.1, 0.15) is 0 Å². The highest BCUT2D eigenvalue weighted by molar-refractivity contribution is 5.50. The fraction of sp³-hybridized carbons (Fsp3) is 0.500. The number of nitrogens with zero attached hydrogens (tertiary/aromatic N) is 1. The van der Waals surface area contributed by atoms with Crippen LogP contribution in [-0.4, -0.2) is 24.3 Å². The summed E-state index contributed by atoms with van der Waals surface area (Å²) in [5.74, 6) is -1.82. The van der Waals surface area contributed by atoms with E-state index in [1.807, 2.05) is 13.8 Å². The molecule has 0 aliphatic rings. The monoisotopic (exact) mass is 244 g/mol. The lowest BCUT2D eigenvalue weighted by Gasteiger charge is -2.28. The lowest BCUT2D eigenvalue weighted by molar-refractivity contribution is 0.298. The molecular formula is C12H18F2N2O. The Morgan fingerprint density at radius 1 is 1.29 bits per heavy atom. The van der Waals surface area contributed by atoms with Crippen molar-refractivity contribution in [3.8, 4) is 0 Å². The Morgan fingerprint density at radius 2 is 1.94 bits per heavy atom. The molecule has 0 saturated heterocycles. The van der Waals surface area contributed by atoms with E-state index in [9.17, 15) is 8.78 Å². The van der Waals surface area contributed by atoms with Crippen LogP contribution in [0.3, 0.4) is 0 Å². The summed E-state index contributed by atoms with van der Waals surface area (Å²) in [5.41, 5.74) is 5.61. The Kier molecular flexibility index (Phi) is 4.84. The number of aliphatic hydroxyl groups is 1. The van der Waals surface area contributed by atoms with Crippen LogP contribution in [0.15, 0.2) is 12.1 Å². The zero-order valence-electron chi connectivity index (χ0n) is 10.1. The third-order valence-electron chi connectivity index (χ3n) is 2.64. The van der Waals surface area contributed by atoms with Crippen LogP contribution in [0, 0.1) is 11.6 Å². The molecule has 17 heavy (non-hydrogen) atoms. The van der Waals surface area contributed by atoms with E-state index in [1.165, 1.54) is 12.1 Å². The molecule has 0 saturated carbocycles. The van der Waals surface area contributed by atoms with Gasteiger partial charge in [-0.05, 0) is 19.9 Å². The minimum atomic E-state index is -0.909. The molecule has 0 fully saturated rings. The highest BCUT2D eigenvalue weighted by Gasteiger charge is 2.19. The molecule has 0 heterocycles. The number of halogens is 2. The van der Waals surface area contributed by atoms with Gasteiger partial charge in [0, 0.05) is 24.7 Å². The number of nitrogens with two attached hydrogens (primary N) is 1. The normalized spacial score (nSPS) is 11.0. The Hall–Kier alpha value is -1.20. The highest BCUT2D eigenvalue weighted by atomic mass is 19.2. The van der Waals surface area contributed by atoms with Gasteiger partial charge in [-0.3, -0.25) is 0 Å². The summed E-state index contributed by atoms with van der Waals surface area (Å²) in [6, 6.07) is 2.94. The van der Waals surface area contributed by atoms with Gasteiger partial charge in [0.05, 0.1) is 12.3 Å². The summed E-state index contributed by atoms with van der Waals surface area (Å²) in [4.78, 5) is 1.61. The quantitative estimate of drug-likeness (QED) is 0.827. The van der Waals surface area contributed by atoms with Gasteiger partial charge in [0.15, 0.2) is 11.6 Å². The lowest BCUT2D eigenvalue weighted by atomic mass is 10.1. The fourth-order valence-electron chi connectivity index (χ4n) is 1.72. The van der Waals surface area contributed by atoms with Gasteiger partial charge in [-0.25, -0.2) is 8.78 Å². The van der Waals surface area contributed by atoms with Crippen LogP contribution in [0.25, 0.3) is 0 Å². The van der Waals surface area contributed by atoms with Crippen LogP contribution in [0.4, 0.5) is 14.5 Å². The Morgan fingerprint density at radius 3 is 2.41 bits per heavy atom. The van der Waals surface area contributed by atoms with Crippen molar-refractivity contribution in [3.63, 3.8) is 0 Å². The van der Waals surface area contributed by atoms with Crippen molar-refractivity contribution in [2.75, 3.05) is 18.1 Å². The molecule has 0 aliphatic carbocycles. The second-order valence-corrected chi connectivity index (χ2v) is 4.09. The third-order valence-corrected chi connectivity index (χ3v) is 2.64. The van der Waals surface area contributed by atoms with E-state index in [-0.39, 0.29) is 37.0 Å². The average Bonchev–Trinajstić information content (AvgIpc) is 2.30. The minimum absolute atomic E-state index is 0.0280. The molecule has 3 N–H and O–H groups in total. The molecule has 96 valence electrons. The van der Waals surface area contributed by atoms with Crippen molar-refractivity contribution in [2.24, 2.45) is 5.73 Å². The van der Waals surface area contributed by atoms with Crippen LogP contribution in [0.1, 0.15) is 19.4 Å². The van der Waals surface area contributed by atoms with Crippen LogP contribution in [0.5, 0.6) is 0 Å². The number of hydrogen-bond acceptors (Lipinski definition) is 3. The topological polar surface area (TPSA) is 49.5 Å². The first-order valence-electron chi connectivity index (χ1n) is 5.57. The number of hydrogen-bond donors (Lipinski definition) is 2. The zero-order valence-corrected chi connectivity index (χ0v) is 10.1. The molecule has 0 amide bonds. The molecule has 0 unspecified atom stereocenters. The Balaban J connectivity index is 3.16. The van der Waals surface area contributed by atoms with Gasteiger partial charge in [0.2, 0.25) is 0 Å². The van der Waals surface area contributed by atoms with Gasteiger partial charge in [-0.15, -0.1) is 0 Å². The van der Waals surface area contributed by atoms with Gasteiger partial charge < -0.3 is 15.7 Å². The largest absolute Gasteiger partial charge is 0.395 e. The second-order valence-electron chi connectivity index (χ2n) is 4.09. The molecule has 0 aliphatic heterocycles. The van der Waals surface area contributed by atoms with Gasteiger partial charge in [0.25, 0.3) is 0 Å². The highest BCUT2D eigenvalue weighted by Crippen LogP contribution is 2.25. The van der Waals surface area contributed by atoms with E-state index < -0.39 is 11.6 Å². The van der Waals surface area contributed by atoms with E-state index in [0.29, 0.717) is 0 Å². The summed E-state index contributed by atoms with van der Waals surface area (Å²) < 4.78 is 27.4. The van der Waals surface area contributed by atoms with Crippen LogP contribution < -0.4 is 10.6 Å². The van der Waals surface area contributed by atoms with Gasteiger partial charge in [-0.1, -0.05) is 6.07 Å². The summed E-state index contributed by atoms with van der Waals surface area (Å²) in [7, 11) is 0. The molecule has 1 aromatic rings. The first-order valence-corrected chi connectivity index (χ1v) is 5.57. The van der Waals surface area contributed by atoms with Crippen molar-refractivity contribution in [1.29, 1.82) is 0 Å². The standard InChI is InChI=1S/C12H18F2N2O/c1-8(2)16(5-6-17)10-4-3-9(7-15)11(13)12(10)14/h3-4,8,17H,5-7,15H2,1-2H3. The SMILES string of the molecule is CC(C)N(CCO)c1ccc(CN)c(F)c1F. The maximum Gasteiger partial charge on any atom is 0.182 e. The first kappa shape index (κ1) is 13.9. The lowest BCUT2D eigenvalue weighted by Crippen LogP contribution is -2.34. The van der Waals surface area contributed by atoms with Crippen molar-refractivity contribution in [2.45, 2.75) is 26.4 Å². The van der Waals surface area contributed by atoms with Crippen molar-refractivity contribution < 1.29 is 13.9 Å². The molecule has 0 aromatic heterocycles. The van der Waals surface area contributed by atoms with Crippen molar-refractivity contribution in [1.82, 2.24) is 0 Å². The molecule has 0 atom stereocenters. The number of rotatable bonds is 5. The van der Waals surface area contributed by atoms with Crippen LogP contribution in [-0.2, 0) is 6.54 Å². The third kappa shape index (κ3) is 2.92. The Bertz CT molecular complexity index is 383.